The van der Waals surface area contributed by atoms with Crippen molar-refractivity contribution in [2.45, 2.75) is 26.2 Å². The minimum absolute atomic E-state index is 0.321. The second-order valence-electron chi connectivity index (χ2n) is 4.27. The minimum Gasteiger partial charge on any atom is -0.462 e. The van der Waals surface area contributed by atoms with E-state index in [0.717, 1.165) is 12.3 Å². The molecule has 0 amide bonds. The number of pyridine rings is 1. The maximum Gasteiger partial charge on any atom is 0.340 e. The molecule has 4 heteroatoms. The van der Waals surface area contributed by atoms with Gasteiger partial charge < -0.3 is 10.5 Å². The van der Waals surface area contributed by atoms with Gasteiger partial charge in [-0.05, 0) is 25.3 Å². The van der Waals surface area contributed by atoms with Crippen LogP contribution in [0.2, 0.25) is 0 Å². The largest absolute Gasteiger partial charge is 0.462 e. The Labute approximate surface area is 94.8 Å². The third-order valence-corrected chi connectivity index (χ3v) is 2.78. The molecule has 4 nitrogen and oxygen atoms in total. The molecule has 0 aliphatic heterocycles. The monoisotopic (exact) mass is 220 g/mol. The van der Waals surface area contributed by atoms with Crippen LogP contribution in [0.5, 0.6) is 0 Å². The lowest BCUT2D eigenvalue weighted by Gasteiger charge is -2.06. The molecule has 1 aliphatic rings. The van der Waals surface area contributed by atoms with E-state index < -0.39 is 0 Å². The number of aryl methyl sites for hydroxylation is 1. The zero-order valence-electron chi connectivity index (χ0n) is 9.40. The van der Waals surface area contributed by atoms with Crippen LogP contribution in [0, 0.1) is 12.8 Å². The number of anilines is 1. The Morgan fingerprint density at radius 3 is 3.06 bits per heavy atom. The Morgan fingerprint density at radius 2 is 2.38 bits per heavy atom. The normalized spacial score (nSPS) is 14.8. The van der Waals surface area contributed by atoms with Crippen LogP contribution < -0.4 is 5.73 Å². The van der Waals surface area contributed by atoms with Crippen molar-refractivity contribution in [1.29, 1.82) is 0 Å². The van der Waals surface area contributed by atoms with Crippen molar-refractivity contribution in [1.82, 2.24) is 4.98 Å². The molecular formula is C12H16N2O2. The number of esters is 1. The smallest absolute Gasteiger partial charge is 0.340 e. The molecule has 1 heterocycles. The fourth-order valence-electron chi connectivity index (χ4n) is 1.56. The summed E-state index contributed by atoms with van der Waals surface area (Å²) in [5.41, 5.74) is 7.19. The van der Waals surface area contributed by atoms with Crippen LogP contribution in [0.15, 0.2) is 12.3 Å². The van der Waals surface area contributed by atoms with Gasteiger partial charge in [-0.2, -0.15) is 0 Å². The molecule has 0 spiro atoms. The zero-order valence-corrected chi connectivity index (χ0v) is 9.40. The molecular weight excluding hydrogens is 204 g/mol. The molecule has 0 aromatic carbocycles. The Bertz CT molecular complexity index is 400. The molecule has 0 unspecified atom stereocenters. The van der Waals surface area contributed by atoms with E-state index in [0.29, 0.717) is 23.6 Å². The van der Waals surface area contributed by atoms with Gasteiger partial charge in [-0.1, -0.05) is 12.8 Å². The number of nitrogen functional groups attached to an aromatic ring is 1. The molecule has 2 rings (SSSR count). The van der Waals surface area contributed by atoms with Crippen molar-refractivity contribution in [2.75, 3.05) is 12.3 Å². The summed E-state index contributed by atoms with van der Waals surface area (Å²) in [5, 5.41) is 0. The first-order chi connectivity index (χ1) is 7.66. The zero-order chi connectivity index (χ0) is 11.5. The van der Waals surface area contributed by atoms with Gasteiger partial charge in [-0.3, -0.25) is 4.98 Å². The molecule has 86 valence electrons. The lowest BCUT2D eigenvalue weighted by molar-refractivity contribution is 0.0493. The van der Waals surface area contributed by atoms with Gasteiger partial charge in [0.25, 0.3) is 0 Å². The second-order valence-corrected chi connectivity index (χ2v) is 4.27. The summed E-state index contributed by atoms with van der Waals surface area (Å²) in [7, 11) is 0. The lowest BCUT2D eigenvalue weighted by Crippen LogP contribution is -2.10. The maximum absolute atomic E-state index is 11.7. The highest BCUT2D eigenvalue weighted by Gasteiger charge is 2.21. The van der Waals surface area contributed by atoms with Crippen molar-refractivity contribution >= 4 is 11.7 Å². The standard InChI is InChI=1S/C12H16N2O2/c1-8-11(6-10(13)7-14-8)12(15)16-5-4-9-2-3-9/h6-7,9H,2-5,13H2,1H3. The number of rotatable bonds is 4. The predicted molar refractivity (Wildman–Crippen MR) is 61.0 cm³/mol. The van der Waals surface area contributed by atoms with Gasteiger partial charge in [0, 0.05) is 0 Å². The van der Waals surface area contributed by atoms with Crippen LogP contribution in [-0.2, 0) is 4.74 Å². The lowest BCUT2D eigenvalue weighted by atomic mass is 10.2. The summed E-state index contributed by atoms with van der Waals surface area (Å²) in [5.74, 6) is 0.450. The topological polar surface area (TPSA) is 65.2 Å². The van der Waals surface area contributed by atoms with Crippen molar-refractivity contribution in [3.8, 4) is 0 Å². The van der Waals surface area contributed by atoms with E-state index in [1.54, 1.807) is 13.0 Å². The number of carbonyl (C=O) groups is 1. The Balaban J connectivity index is 1.93. The molecule has 1 fully saturated rings. The molecule has 0 saturated heterocycles. The van der Waals surface area contributed by atoms with Gasteiger partial charge >= 0.3 is 5.97 Å². The third-order valence-electron chi connectivity index (χ3n) is 2.78. The Kier molecular flexibility index (Phi) is 3.08. The van der Waals surface area contributed by atoms with Gasteiger partial charge in [-0.25, -0.2) is 4.79 Å². The van der Waals surface area contributed by atoms with Crippen LogP contribution in [-0.4, -0.2) is 17.6 Å². The average Bonchev–Trinajstić information content (AvgIpc) is 3.05. The van der Waals surface area contributed by atoms with Gasteiger partial charge in [0.1, 0.15) is 0 Å². The highest BCUT2D eigenvalue weighted by atomic mass is 16.5. The molecule has 0 bridgehead atoms. The average molecular weight is 220 g/mol. The fraction of sp³-hybridized carbons (Fsp3) is 0.500. The highest BCUT2D eigenvalue weighted by Crippen LogP contribution is 2.32. The number of nitrogens with zero attached hydrogens (tertiary/aromatic N) is 1. The summed E-state index contributed by atoms with van der Waals surface area (Å²) in [6.45, 7) is 2.27. The molecule has 0 radical (unpaired) electrons. The van der Waals surface area contributed by atoms with E-state index in [4.69, 9.17) is 10.5 Å². The molecule has 16 heavy (non-hydrogen) atoms. The predicted octanol–water partition coefficient (Wildman–Crippen LogP) is 1.93. The van der Waals surface area contributed by atoms with Crippen LogP contribution in [0.3, 0.4) is 0 Å². The van der Waals surface area contributed by atoms with E-state index in [2.05, 4.69) is 4.98 Å². The first kappa shape index (κ1) is 10.9. The summed E-state index contributed by atoms with van der Waals surface area (Å²) in [4.78, 5) is 15.7. The second kappa shape index (κ2) is 4.51. The highest BCUT2D eigenvalue weighted by molar-refractivity contribution is 5.91. The number of hydrogen-bond donors (Lipinski definition) is 1. The van der Waals surface area contributed by atoms with Gasteiger partial charge in [0.05, 0.1) is 29.7 Å². The van der Waals surface area contributed by atoms with Gasteiger partial charge in [0.15, 0.2) is 0 Å². The summed E-state index contributed by atoms with van der Waals surface area (Å²) >= 11 is 0. The van der Waals surface area contributed by atoms with E-state index in [-0.39, 0.29) is 5.97 Å². The van der Waals surface area contributed by atoms with E-state index in [1.807, 2.05) is 0 Å². The minimum atomic E-state index is -0.321. The first-order valence-corrected chi connectivity index (χ1v) is 5.56. The fourth-order valence-corrected chi connectivity index (χ4v) is 1.56. The number of aromatic nitrogens is 1. The SMILES string of the molecule is Cc1ncc(N)cc1C(=O)OCCC1CC1. The van der Waals surface area contributed by atoms with E-state index >= 15 is 0 Å². The number of nitrogens with two attached hydrogens (primary N) is 1. The summed E-state index contributed by atoms with van der Waals surface area (Å²) < 4.78 is 5.18. The van der Waals surface area contributed by atoms with Gasteiger partial charge in [-0.15, -0.1) is 0 Å². The Morgan fingerprint density at radius 1 is 1.62 bits per heavy atom. The quantitative estimate of drug-likeness (QED) is 0.787. The first-order valence-electron chi connectivity index (χ1n) is 5.56. The van der Waals surface area contributed by atoms with Crippen molar-refractivity contribution < 1.29 is 9.53 Å². The maximum atomic E-state index is 11.7. The molecule has 1 aliphatic carbocycles. The van der Waals surface area contributed by atoms with E-state index in [9.17, 15) is 4.79 Å². The van der Waals surface area contributed by atoms with Crippen LogP contribution in [0.1, 0.15) is 35.3 Å². The Hall–Kier alpha value is -1.58. The van der Waals surface area contributed by atoms with Gasteiger partial charge in [0.2, 0.25) is 0 Å². The number of hydrogen-bond acceptors (Lipinski definition) is 4. The number of carbonyl (C=O) groups excluding carboxylic acids is 1. The van der Waals surface area contributed by atoms with Crippen LogP contribution in [0.4, 0.5) is 5.69 Å². The van der Waals surface area contributed by atoms with Crippen LogP contribution in [0.25, 0.3) is 0 Å². The number of ether oxygens (including phenoxy) is 1. The molecule has 0 atom stereocenters. The van der Waals surface area contributed by atoms with E-state index in [1.165, 1.54) is 19.0 Å². The van der Waals surface area contributed by atoms with Crippen molar-refractivity contribution in [2.24, 2.45) is 5.92 Å². The summed E-state index contributed by atoms with van der Waals surface area (Å²) in [6, 6.07) is 1.61. The molecule has 2 N–H and O–H groups in total. The summed E-state index contributed by atoms with van der Waals surface area (Å²) in [6.07, 6.45) is 5.06. The molecule has 1 saturated carbocycles. The van der Waals surface area contributed by atoms with Crippen molar-refractivity contribution in [3.63, 3.8) is 0 Å². The van der Waals surface area contributed by atoms with Crippen LogP contribution >= 0.6 is 0 Å². The van der Waals surface area contributed by atoms with Crippen molar-refractivity contribution in [3.05, 3.63) is 23.5 Å². The molecule has 1 aromatic rings. The molecule has 1 aromatic heterocycles. The third kappa shape index (κ3) is 2.72.